The zero-order valence-electron chi connectivity index (χ0n) is 15.1. The van der Waals surface area contributed by atoms with E-state index in [1.54, 1.807) is 0 Å². The number of guanidine groups is 1. The molecule has 0 aliphatic carbocycles. The van der Waals surface area contributed by atoms with E-state index in [-0.39, 0.29) is 0 Å². The second-order valence-corrected chi connectivity index (χ2v) is 7.61. The molecule has 1 aromatic carbocycles. The van der Waals surface area contributed by atoms with Crippen LogP contribution in [0.3, 0.4) is 0 Å². The monoisotopic (exact) mass is 357 g/mol. The number of hydrogen-bond acceptors (Lipinski definition) is 3. The van der Waals surface area contributed by atoms with E-state index >= 15 is 0 Å². The van der Waals surface area contributed by atoms with Crippen molar-refractivity contribution in [3.8, 4) is 0 Å². The molecular weight excluding hydrogens is 330 g/mol. The molecule has 1 aromatic heterocycles. The lowest BCUT2D eigenvalue weighted by atomic mass is 10.2. The number of aliphatic imine (C=N–C) groups is 1. The molecule has 1 atom stereocenters. The van der Waals surface area contributed by atoms with E-state index in [1.165, 1.54) is 17.7 Å². The predicted octanol–water partition coefficient (Wildman–Crippen LogP) is 2.83. The lowest BCUT2D eigenvalue weighted by Gasteiger charge is -2.34. The Morgan fingerprint density at radius 1 is 1.36 bits per heavy atom. The summed E-state index contributed by atoms with van der Waals surface area (Å²) >= 11 is 2.07. The van der Waals surface area contributed by atoms with Crippen LogP contribution >= 0.6 is 11.8 Å². The molecule has 6 heteroatoms. The average Bonchev–Trinajstić information content (AvgIpc) is 3.10. The zero-order chi connectivity index (χ0) is 17.5. The third kappa shape index (κ3) is 4.78. The zero-order valence-corrected chi connectivity index (χ0v) is 15.9. The van der Waals surface area contributed by atoms with Gasteiger partial charge >= 0.3 is 0 Å². The maximum atomic E-state index is 4.52. The number of nitrogens with zero attached hydrogens (tertiary/aromatic N) is 4. The lowest BCUT2D eigenvalue weighted by molar-refractivity contribution is 0.407. The van der Waals surface area contributed by atoms with E-state index in [0.29, 0.717) is 11.8 Å². The Balaban J connectivity index is 1.60. The van der Waals surface area contributed by atoms with Gasteiger partial charge in [-0.1, -0.05) is 37.3 Å². The molecule has 0 saturated carbocycles. The largest absolute Gasteiger partial charge is 0.349 e. The van der Waals surface area contributed by atoms with Crippen LogP contribution < -0.4 is 5.32 Å². The summed E-state index contributed by atoms with van der Waals surface area (Å²) in [6, 6.07) is 10.5. The molecule has 134 valence electrons. The Morgan fingerprint density at radius 3 is 2.96 bits per heavy atom. The smallest absolute Gasteiger partial charge is 0.194 e. The first-order valence-electron chi connectivity index (χ1n) is 8.91. The number of rotatable bonds is 5. The van der Waals surface area contributed by atoms with Crippen molar-refractivity contribution in [1.29, 1.82) is 0 Å². The van der Waals surface area contributed by atoms with Crippen LogP contribution in [-0.4, -0.2) is 51.6 Å². The van der Waals surface area contributed by atoms with Crippen LogP contribution in [0.1, 0.15) is 24.7 Å². The van der Waals surface area contributed by atoms with Gasteiger partial charge in [-0.2, -0.15) is 11.8 Å². The molecule has 1 unspecified atom stereocenters. The van der Waals surface area contributed by atoms with Crippen molar-refractivity contribution in [2.24, 2.45) is 4.99 Å². The number of aromatic nitrogens is 2. The molecular formula is C19H27N5S. The molecule has 2 aromatic rings. The molecule has 1 N–H and O–H groups in total. The second-order valence-electron chi connectivity index (χ2n) is 6.20. The highest BCUT2D eigenvalue weighted by Gasteiger charge is 2.21. The number of thioether (sulfide) groups is 1. The van der Waals surface area contributed by atoms with Crippen molar-refractivity contribution >= 4 is 17.7 Å². The second kappa shape index (κ2) is 8.94. The number of hydrogen-bond donors (Lipinski definition) is 1. The molecule has 0 bridgehead atoms. The molecule has 1 aliphatic heterocycles. The van der Waals surface area contributed by atoms with Gasteiger partial charge in [0.2, 0.25) is 0 Å². The predicted molar refractivity (Wildman–Crippen MR) is 106 cm³/mol. The van der Waals surface area contributed by atoms with Gasteiger partial charge in [0, 0.05) is 50.1 Å². The number of benzene rings is 1. The lowest BCUT2D eigenvalue weighted by Crippen LogP contribution is -2.47. The first-order chi connectivity index (χ1) is 12.3. The highest BCUT2D eigenvalue weighted by molar-refractivity contribution is 8.00. The Morgan fingerprint density at radius 2 is 2.20 bits per heavy atom. The normalized spacial score (nSPS) is 18.4. The van der Waals surface area contributed by atoms with E-state index in [2.05, 4.69) is 67.7 Å². The van der Waals surface area contributed by atoms with Crippen LogP contribution in [-0.2, 0) is 13.1 Å². The van der Waals surface area contributed by atoms with Crippen LogP contribution in [0.15, 0.2) is 47.7 Å². The minimum absolute atomic E-state index is 0.687. The van der Waals surface area contributed by atoms with Crippen LogP contribution in [0.4, 0.5) is 0 Å². The fourth-order valence-electron chi connectivity index (χ4n) is 3.08. The van der Waals surface area contributed by atoms with Gasteiger partial charge in [-0.25, -0.2) is 4.98 Å². The maximum Gasteiger partial charge on any atom is 0.194 e. The van der Waals surface area contributed by atoms with Gasteiger partial charge in [0.1, 0.15) is 5.82 Å². The molecule has 5 nitrogen and oxygen atoms in total. The van der Waals surface area contributed by atoms with Crippen LogP contribution in [0, 0.1) is 0 Å². The third-order valence-corrected chi connectivity index (χ3v) is 5.88. The minimum atomic E-state index is 0.687. The van der Waals surface area contributed by atoms with Crippen LogP contribution in [0.5, 0.6) is 0 Å². The summed E-state index contributed by atoms with van der Waals surface area (Å²) in [5.74, 6) is 3.18. The van der Waals surface area contributed by atoms with Crippen molar-refractivity contribution in [2.45, 2.75) is 31.7 Å². The molecule has 1 aliphatic rings. The fraction of sp³-hybridized carbons (Fsp3) is 0.474. The number of imidazole rings is 1. The summed E-state index contributed by atoms with van der Waals surface area (Å²) in [6.45, 7) is 5.91. The van der Waals surface area contributed by atoms with E-state index in [1.807, 2.05) is 25.5 Å². The molecule has 2 heterocycles. The van der Waals surface area contributed by atoms with Gasteiger partial charge in [-0.05, 0) is 12.0 Å². The highest BCUT2D eigenvalue weighted by atomic mass is 32.2. The van der Waals surface area contributed by atoms with E-state index in [9.17, 15) is 0 Å². The first kappa shape index (κ1) is 17.9. The highest BCUT2D eigenvalue weighted by Crippen LogP contribution is 2.21. The summed E-state index contributed by atoms with van der Waals surface area (Å²) in [7, 11) is 1.86. The third-order valence-electron chi connectivity index (χ3n) is 4.51. The summed E-state index contributed by atoms with van der Waals surface area (Å²) in [4.78, 5) is 11.4. The van der Waals surface area contributed by atoms with E-state index in [0.717, 1.165) is 31.4 Å². The Hall–Kier alpha value is -1.95. The molecule has 0 radical (unpaired) electrons. The van der Waals surface area contributed by atoms with Crippen molar-refractivity contribution in [1.82, 2.24) is 19.8 Å². The Bertz CT molecular complexity index is 682. The summed E-state index contributed by atoms with van der Waals surface area (Å²) in [5, 5.41) is 4.20. The van der Waals surface area contributed by atoms with Crippen LogP contribution in [0.25, 0.3) is 0 Å². The SMILES string of the molecule is CCC1CN(C(=NC)NCc2nccn2Cc2ccccc2)CCS1. The van der Waals surface area contributed by atoms with Crippen molar-refractivity contribution < 1.29 is 0 Å². The van der Waals surface area contributed by atoms with Crippen molar-refractivity contribution in [3.05, 3.63) is 54.1 Å². The summed E-state index contributed by atoms with van der Waals surface area (Å²) in [5.41, 5.74) is 1.28. The quantitative estimate of drug-likeness (QED) is 0.660. The molecule has 1 saturated heterocycles. The Kier molecular flexibility index (Phi) is 6.39. The van der Waals surface area contributed by atoms with Gasteiger partial charge in [-0.15, -0.1) is 0 Å². The fourth-order valence-corrected chi connectivity index (χ4v) is 4.26. The maximum absolute atomic E-state index is 4.52. The van der Waals surface area contributed by atoms with Crippen LogP contribution in [0.2, 0.25) is 0 Å². The van der Waals surface area contributed by atoms with E-state index in [4.69, 9.17) is 0 Å². The summed E-state index contributed by atoms with van der Waals surface area (Å²) < 4.78 is 2.19. The minimum Gasteiger partial charge on any atom is -0.349 e. The standard InChI is InChI=1S/C19H27N5S/c1-3-17-15-24(11-12-25-17)19(20-2)22-13-18-21-9-10-23(18)14-16-7-5-4-6-8-16/h4-10,17H,3,11-15H2,1-2H3,(H,20,22). The van der Waals surface area contributed by atoms with E-state index < -0.39 is 0 Å². The number of nitrogens with one attached hydrogen (secondary N) is 1. The first-order valence-corrected chi connectivity index (χ1v) is 9.96. The summed E-state index contributed by atoms with van der Waals surface area (Å²) in [6.07, 6.45) is 5.12. The molecule has 0 amide bonds. The molecule has 1 fully saturated rings. The van der Waals surface area contributed by atoms with Gasteiger partial charge in [-0.3, -0.25) is 4.99 Å². The topological polar surface area (TPSA) is 45.4 Å². The van der Waals surface area contributed by atoms with Crippen molar-refractivity contribution in [2.75, 3.05) is 25.9 Å². The molecule has 25 heavy (non-hydrogen) atoms. The van der Waals surface area contributed by atoms with Gasteiger partial charge in [0.25, 0.3) is 0 Å². The van der Waals surface area contributed by atoms with Gasteiger partial charge in [0.15, 0.2) is 5.96 Å². The average molecular weight is 358 g/mol. The van der Waals surface area contributed by atoms with Crippen molar-refractivity contribution in [3.63, 3.8) is 0 Å². The molecule has 3 rings (SSSR count). The van der Waals surface area contributed by atoms with Gasteiger partial charge in [0.05, 0.1) is 6.54 Å². The Labute approximate surface area is 154 Å². The van der Waals surface area contributed by atoms with Gasteiger partial charge < -0.3 is 14.8 Å². The molecule has 0 spiro atoms.